The molecule has 3 N–H and O–H groups in total. The van der Waals surface area contributed by atoms with E-state index in [1.807, 2.05) is 11.4 Å². The highest BCUT2D eigenvalue weighted by atomic mass is 35.5. The second kappa shape index (κ2) is 7.35. The van der Waals surface area contributed by atoms with Crippen LogP contribution in [0.5, 0.6) is 5.75 Å². The fourth-order valence-corrected chi connectivity index (χ4v) is 3.58. The van der Waals surface area contributed by atoms with Crippen LogP contribution in [-0.4, -0.2) is 33.5 Å². The Balaban J connectivity index is 1.53. The van der Waals surface area contributed by atoms with E-state index in [0.717, 1.165) is 10.2 Å². The molecular weight excluding hydrogens is 354 g/mol. The number of anilines is 1. The number of aliphatic hydroxyl groups is 1. The van der Waals surface area contributed by atoms with E-state index in [1.54, 1.807) is 24.3 Å². The van der Waals surface area contributed by atoms with Gasteiger partial charge in [-0.05, 0) is 35.7 Å². The van der Waals surface area contributed by atoms with Crippen LogP contribution in [0.4, 0.5) is 5.82 Å². The van der Waals surface area contributed by atoms with Gasteiger partial charge in [0.2, 0.25) is 0 Å². The minimum atomic E-state index is -0.639. The van der Waals surface area contributed by atoms with Gasteiger partial charge in [-0.1, -0.05) is 23.4 Å². The predicted octanol–water partition coefficient (Wildman–Crippen LogP) is 3.46. The molecule has 1 atom stereocenters. The van der Waals surface area contributed by atoms with Crippen LogP contribution in [0.15, 0.2) is 40.9 Å². The van der Waals surface area contributed by atoms with Gasteiger partial charge in [0.15, 0.2) is 5.16 Å². The number of thiophene rings is 1. The van der Waals surface area contributed by atoms with Gasteiger partial charge in [0.25, 0.3) is 0 Å². The highest BCUT2D eigenvalue weighted by molar-refractivity contribution is 7.99. The Morgan fingerprint density at radius 1 is 1.26 bits per heavy atom. The van der Waals surface area contributed by atoms with Crippen LogP contribution in [0, 0.1) is 0 Å². The monoisotopic (exact) mass is 367 g/mol. The van der Waals surface area contributed by atoms with Crippen LogP contribution in [-0.2, 0) is 0 Å². The van der Waals surface area contributed by atoms with E-state index < -0.39 is 6.10 Å². The lowest BCUT2D eigenvalue weighted by molar-refractivity contribution is 0.126. The minimum Gasteiger partial charge on any atom is -0.491 e. The van der Waals surface area contributed by atoms with Gasteiger partial charge in [-0.3, -0.25) is 0 Å². The number of halogens is 1. The number of hydrogen-bond donors (Lipinski definition) is 2. The number of hydrogen-bond acceptors (Lipinski definition) is 7. The number of rotatable bonds is 6. The zero-order valence-electron chi connectivity index (χ0n) is 12.0. The topological polar surface area (TPSA) is 81.3 Å². The molecule has 23 heavy (non-hydrogen) atoms. The summed E-state index contributed by atoms with van der Waals surface area (Å²) in [6.07, 6.45) is -0.639. The summed E-state index contributed by atoms with van der Waals surface area (Å²) in [6, 6.07) is 8.90. The predicted molar refractivity (Wildman–Crippen MR) is 95.5 cm³/mol. The Hall–Kier alpha value is -1.54. The highest BCUT2D eigenvalue weighted by Gasteiger charge is 2.11. The van der Waals surface area contributed by atoms with Gasteiger partial charge in [-0.25, -0.2) is 9.97 Å². The first-order valence-corrected chi connectivity index (χ1v) is 9.06. The third-order valence-electron chi connectivity index (χ3n) is 2.99. The number of nitrogens with zero attached hydrogens (tertiary/aromatic N) is 2. The molecule has 0 fully saturated rings. The number of ether oxygens (including phenoxy) is 1. The first kappa shape index (κ1) is 16.3. The molecule has 3 rings (SSSR count). The molecule has 2 aromatic heterocycles. The summed E-state index contributed by atoms with van der Waals surface area (Å²) in [6.45, 7) is 0.186. The zero-order valence-corrected chi connectivity index (χ0v) is 14.4. The van der Waals surface area contributed by atoms with Crippen LogP contribution in [0.2, 0.25) is 5.02 Å². The van der Waals surface area contributed by atoms with E-state index in [-0.39, 0.29) is 6.61 Å². The van der Waals surface area contributed by atoms with Gasteiger partial charge in [0.1, 0.15) is 23.0 Å². The van der Waals surface area contributed by atoms with Crippen molar-refractivity contribution in [3.63, 3.8) is 0 Å². The van der Waals surface area contributed by atoms with Gasteiger partial charge in [0.05, 0.1) is 11.5 Å². The third kappa shape index (κ3) is 4.26. The van der Waals surface area contributed by atoms with Crippen molar-refractivity contribution in [2.24, 2.45) is 0 Å². The zero-order chi connectivity index (χ0) is 16.2. The van der Waals surface area contributed by atoms with Gasteiger partial charge >= 0.3 is 0 Å². The van der Waals surface area contributed by atoms with E-state index in [0.29, 0.717) is 27.5 Å². The van der Waals surface area contributed by atoms with Crippen LogP contribution >= 0.6 is 34.7 Å². The van der Waals surface area contributed by atoms with Crippen LogP contribution in [0.25, 0.3) is 10.2 Å². The van der Waals surface area contributed by atoms with Crippen molar-refractivity contribution in [3.05, 3.63) is 40.7 Å². The smallest absolute Gasteiger partial charge is 0.190 e. The SMILES string of the molecule is Nc1nc(SCC(O)COc2ccc(Cl)cc2)nc2sccc12. The summed E-state index contributed by atoms with van der Waals surface area (Å²) >= 11 is 8.67. The fourth-order valence-electron chi connectivity index (χ4n) is 1.86. The first-order valence-electron chi connectivity index (χ1n) is 6.82. The van der Waals surface area contributed by atoms with Crippen molar-refractivity contribution in [2.75, 3.05) is 18.1 Å². The van der Waals surface area contributed by atoms with Gasteiger partial charge in [0, 0.05) is 10.8 Å². The molecule has 0 aliphatic carbocycles. The Morgan fingerprint density at radius 2 is 2.04 bits per heavy atom. The van der Waals surface area contributed by atoms with E-state index >= 15 is 0 Å². The van der Waals surface area contributed by atoms with E-state index in [9.17, 15) is 5.11 Å². The maximum atomic E-state index is 10.0. The van der Waals surface area contributed by atoms with Gasteiger partial charge < -0.3 is 15.6 Å². The highest BCUT2D eigenvalue weighted by Crippen LogP contribution is 2.26. The van der Waals surface area contributed by atoms with Gasteiger partial charge in [-0.15, -0.1) is 11.3 Å². The summed E-state index contributed by atoms with van der Waals surface area (Å²) in [5.41, 5.74) is 5.90. The lowest BCUT2D eigenvalue weighted by atomic mass is 10.3. The molecule has 2 heterocycles. The number of fused-ring (bicyclic) bond motifs is 1. The summed E-state index contributed by atoms with van der Waals surface area (Å²) in [7, 11) is 0. The molecule has 120 valence electrons. The van der Waals surface area contributed by atoms with Crippen LogP contribution in [0.1, 0.15) is 0 Å². The second-order valence-corrected chi connectivity index (χ2v) is 7.08. The molecule has 3 aromatic rings. The first-order chi connectivity index (χ1) is 11.1. The summed E-state index contributed by atoms with van der Waals surface area (Å²) in [4.78, 5) is 9.52. The molecule has 0 bridgehead atoms. The maximum absolute atomic E-state index is 10.0. The number of nitrogens with two attached hydrogens (primary N) is 1. The fraction of sp³-hybridized carbons (Fsp3) is 0.200. The molecule has 0 aliphatic rings. The maximum Gasteiger partial charge on any atom is 0.190 e. The molecule has 0 radical (unpaired) electrons. The normalized spacial score (nSPS) is 12.4. The minimum absolute atomic E-state index is 0.186. The molecule has 0 saturated heterocycles. The van der Waals surface area contributed by atoms with Crippen molar-refractivity contribution in [3.8, 4) is 5.75 Å². The summed E-state index contributed by atoms with van der Waals surface area (Å²) in [5.74, 6) is 1.55. The third-order valence-corrected chi connectivity index (χ3v) is 5.05. The lowest BCUT2D eigenvalue weighted by Gasteiger charge is -2.11. The van der Waals surface area contributed by atoms with Crippen molar-refractivity contribution >= 4 is 50.7 Å². The van der Waals surface area contributed by atoms with E-state index in [2.05, 4.69) is 9.97 Å². The lowest BCUT2D eigenvalue weighted by Crippen LogP contribution is -2.20. The summed E-state index contributed by atoms with van der Waals surface area (Å²) < 4.78 is 5.51. The van der Waals surface area contributed by atoms with Crippen LogP contribution < -0.4 is 10.5 Å². The molecule has 0 spiro atoms. The Labute approximate surface area is 146 Å². The molecule has 0 aliphatic heterocycles. The Bertz CT molecular complexity index is 795. The number of thioether (sulfide) groups is 1. The second-order valence-electron chi connectivity index (χ2n) is 4.76. The number of aromatic nitrogens is 2. The Morgan fingerprint density at radius 3 is 2.83 bits per heavy atom. The molecule has 5 nitrogen and oxygen atoms in total. The largest absolute Gasteiger partial charge is 0.491 e. The number of nitrogen functional groups attached to an aromatic ring is 1. The molecule has 1 unspecified atom stereocenters. The average Bonchev–Trinajstić information content (AvgIpc) is 3.01. The van der Waals surface area contributed by atoms with Gasteiger partial charge in [-0.2, -0.15) is 0 Å². The van der Waals surface area contributed by atoms with E-state index in [4.69, 9.17) is 22.1 Å². The van der Waals surface area contributed by atoms with Crippen LogP contribution in [0.3, 0.4) is 0 Å². The number of benzene rings is 1. The van der Waals surface area contributed by atoms with E-state index in [1.165, 1.54) is 23.1 Å². The molecule has 0 saturated carbocycles. The molecule has 8 heteroatoms. The van der Waals surface area contributed by atoms with Crippen molar-refractivity contribution in [1.82, 2.24) is 9.97 Å². The van der Waals surface area contributed by atoms with Crippen molar-refractivity contribution < 1.29 is 9.84 Å². The average molecular weight is 368 g/mol. The Kier molecular flexibility index (Phi) is 5.22. The molecule has 1 aromatic carbocycles. The van der Waals surface area contributed by atoms with Crippen molar-refractivity contribution in [2.45, 2.75) is 11.3 Å². The standard InChI is InChI=1S/C15H14ClN3O2S2/c16-9-1-3-11(4-2-9)21-7-10(20)8-23-15-18-13(17)12-5-6-22-14(12)19-15/h1-6,10,20H,7-8H2,(H2,17,18,19). The quantitative estimate of drug-likeness (QED) is 0.513. The van der Waals surface area contributed by atoms with Crippen molar-refractivity contribution in [1.29, 1.82) is 0 Å². The molecular formula is C15H14ClN3O2S2. The summed E-state index contributed by atoms with van der Waals surface area (Å²) in [5, 5.41) is 14.0. The molecule has 0 amide bonds. The number of aliphatic hydroxyl groups excluding tert-OH is 1.